The second-order valence-corrected chi connectivity index (χ2v) is 8.83. The minimum absolute atomic E-state index is 0.0301. The molecule has 1 aromatic rings. The molecule has 2 amide bonds. The van der Waals surface area contributed by atoms with Gasteiger partial charge in [0, 0.05) is 25.0 Å². The van der Waals surface area contributed by atoms with Crippen LogP contribution in [-0.4, -0.2) is 42.6 Å². The number of carbonyl (C=O) groups is 2. The standard InChI is InChI=1S/C23H34N2O3/c1-6-28-23(27)24-20-10-19(11-20)22(26)25(5)21-12-18(13-21)17-8-15(4)7-16(9-17)14(2)3/h7-9,14,18-21H,6,10-13H2,1-5H3,(H,24,27). The number of nitrogens with one attached hydrogen (secondary N) is 1. The number of nitrogens with zero attached hydrogens (tertiary/aromatic N) is 1. The zero-order valence-electron chi connectivity index (χ0n) is 17.8. The molecule has 0 aliphatic heterocycles. The average molecular weight is 387 g/mol. The second-order valence-electron chi connectivity index (χ2n) is 8.83. The largest absolute Gasteiger partial charge is 0.450 e. The molecule has 5 nitrogen and oxygen atoms in total. The molecular weight excluding hydrogens is 352 g/mol. The van der Waals surface area contributed by atoms with E-state index < -0.39 is 0 Å². The van der Waals surface area contributed by atoms with Gasteiger partial charge >= 0.3 is 6.09 Å². The number of alkyl carbamates (subject to hydrolysis) is 1. The van der Waals surface area contributed by atoms with Gasteiger partial charge in [-0.15, -0.1) is 0 Å². The Bertz CT molecular complexity index is 719. The van der Waals surface area contributed by atoms with Crippen molar-refractivity contribution in [2.45, 2.75) is 77.3 Å². The van der Waals surface area contributed by atoms with Crippen LogP contribution in [-0.2, 0) is 9.53 Å². The zero-order chi connectivity index (χ0) is 20.4. The molecule has 2 saturated carbocycles. The predicted octanol–water partition coefficient (Wildman–Crippen LogP) is 4.35. The van der Waals surface area contributed by atoms with Crippen molar-refractivity contribution in [3.05, 3.63) is 34.9 Å². The van der Waals surface area contributed by atoms with E-state index in [4.69, 9.17) is 4.74 Å². The molecule has 0 aromatic heterocycles. The minimum Gasteiger partial charge on any atom is -0.450 e. The molecule has 0 atom stereocenters. The van der Waals surface area contributed by atoms with E-state index in [2.05, 4.69) is 44.3 Å². The van der Waals surface area contributed by atoms with Crippen molar-refractivity contribution >= 4 is 12.0 Å². The molecule has 2 fully saturated rings. The molecule has 1 N–H and O–H groups in total. The Morgan fingerprint density at radius 3 is 2.46 bits per heavy atom. The van der Waals surface area contributed by atoms with Crippen LogP contribution in [0.25, 0.3) is 0 Å². The first-order valence-electron chi connectivity index (χ1n) is 10.6. The van der Waals surface area contributed by atoms with E-state index in [0.717, 1.165) is 12.8 Å². The van der Waals surface area contributed by atoms with Crippen molar-refractivity contribution < 1.29 is 14.3 Å². The Kier molecular flexibility index (Phi) is 6.31. The van der Waals surface area contributed by atoms with Gasteiger partial charge in [-0.2, -0.15) is 0 Å². The summed E-state index contributed by atoms with van der Waals surface area (Å²) in [6.45, 7) is 8.78. The fraction of sp³-hybridized carbons (Fsp3) is 0.652. The average Bonchev–Trinajstić information content (AvgIpc) is 2.55. The molecule has 3 rings (SSSR count). The van der Waals surface area contributed by atoms with Gasteiger partial charge in [0.05, 0.1) is 6.61 Å². The van der Waals surface area contributed by atoms with Crippen LogP contribution in [0.5, 0.6) is 0 Å². The van der Waals surface area contributed by atoms with Crippen LogP contribution in [0.2, 0.25) is 0 Å². The SMILES string of the molecule is CCOC(=O)NC1CC(C(=O)N(C)C2CC(c3cc(C)cc(C(C)C)c3)C2)C1. The van der Waals surface area contributed by atoms with E-state index in [1.807, 2.05) is 11.9 Å². The molecule has 0 radical (unpaired) electrons. The van der Waals surface area contributed by atoms with E-state index in [-0.39, 0.29) is 24.0 Å². The van der Waals surface area contributed by atoms with E-state index >= 15 is 0 Å². The maximum atomic E-state index is 12.7. The maximum Gasteiger partial charge on any atom is 0.407 e. The number of hydrogen-bond donors (Lipinski definition) is 1. The molecule has 28 heavy (non-hydrogen) atoms. The minimum atomic E-state index is -0.382. The number of rotatable bonds is 6. The maximum absolute atomic E-state index is 12.7. The summed E-state index contributed by atoms with van der Waals surface area (Å²) >= 11 is 0. The molecule has 2 aliphatic rings. The lowest BCUT2D eigenvalue weighted by atomic mass is 9.73. The highest BCUT2D eigenvalue weighted by molar-refractivity contribution is 5.80. The molecule has 0 spiro atoms. The van der Waals surface area contributed by atoms with Gasteiger partial charge in [-0.25, -0.2) is 4.79 Å². The van der Waals surface area contributed by atoms with Crippen molar-refractivity contribution in [1.82, 2.24) is 10.2 Å². The van der Waals surface area contributed by atoms with Crippen molar-refractivity contribution in [3.8, 4) is 0 Å². The van der Waals surface area contributed by atoms with E-state index in [1.165, 1.54) is 16.7 Å². The predicted molar refractivity (Wildman–Crippen MR) is 110 cm³/mol. The fourth-order valence-corrected chi connectivity index (χ4v) is 4.33. The smallest absolute Gasteiger partial charge is 0.407 e. The van der Waals surface area contributed by atoms with Gasteiger partial charge in [-0.1, -0.05) is 37.6 Å². The van der Waals surface area contributed by atoms with Crippen LogP contribution in [0.3, 0.4) is 0 Å². The van der Waals surface area contributed by atoms with Gasteiger partial charge < -0.3 is 15.0 Å². The molecule has 0 unspecified atom stereocenters. The van der Waals surface area contributed by atoms with Crippen LogP contribution < -0.4 is 5.32 Å². The highest BCUT2D eigenvalue weighted by atomic mass is 16.5. The number of carbonyl (C=O) groups excluding carboxylic acids is 2. The molecule has 1 aromatic carbocycles. The van der Waals surface area contributed by atoms with Crippen LogP contribution in [0, 0.1) is 12.8 Å². The third-order valence-electron chi connectivity index (χ3n) is 6.35. The first-order chi connectivity index (χ1) is 13.3. The lowest BCUT2D eigenvalue weighted by molar-refractivity contribution is -0.141. The Balaban J connectivity index is 1.47. The highest BCUT2D eigenvalue weighted by Crippen LogP contribution is 2.42. The quantitative estimate of drug-likeness (QED) is 0.791. The van der Waals surface area contributed by atoms with Crippen molar-refractivity contribution in [3.63, 3.8) is 0 Å². The summed E-state index contributed by atoms with van der Waals surface area (Å²) in [4.78, 5) is 26.1. The summed E-state index contributed by atoms with van der Waals surface area (Å²) in [6, 6.07) is 7.32. The van der Waals surface area contributed by atoms with Crippen molar-refractivity contribution in [2.75, 3.05) is 13.7 Å². The van der Waals surface area contributed by atoms with Gasteiger partial charge in [-0.3, -0.25) is 4.79 Å². The van der Waals surface area contributed by atoms with Crippen LogP contribution >= 0.6 is 0 Å². The number of benzene rings is 1. The van der Waals surface area contributed by atoms with Gasteiger partial charge in [0.1, 0.15) is 0 Å². The number of amides is 2. The normalized spacial score (nSPS) is 26.2. The number of hydrogen-bond acceptors (Lipinski definition) is 3. The van der Waals surface area contributed by atoms with Crippen LogP contribution in [0.15, 0.2) is 18.2 Å². The molecular formula is C23H34N2O3. The molecule has 154 valence electrons. The molecule has 5 heteroatoms. The third-order valence-corrected chi connectivity index (χ3v) is 6.35. The van der Waals surface area contributed by atoms with Crippen LogP contribution in [0.1, 0.15) is 75.0 Å². The molecule has 2 aliphatic carbocycles. The van der Waals surface area contributed by atoms with Gasteiger partial charge in [0.2, 0.25) is 5.91 Å². The number of aryl methyl sites for hydroxylation is 1. The van der Waals surface area contributed by atoms with Gasteiger partial charge in [-0.05, 0) is 62.5 Å². The summed E-state index contributed by atoms with van der Waals surface area (Å²) in [5, 5.41) is 2.81. The summed E-state index contributed by atoms with van der Waals surface area (Å²) < 4.78 is 4.90. The zero-order valence-corrected chi connectivity index (χ0v) is 17.8. The second kappa shape index (κ2) is 8.54. The Labute approximate surface area is 168 Å². The topological polar surface area (TPSA) is 58.6 Å². The summed E-state index contributed by atoms with van der Waals surface area (Å²) in [5.74, 6) is 1.34. The first kappa shape index (κ1) is 20.7. The van der Waals surface area contributed by atoms with Crippen molar-refractivity contribution in [1.29, 1.82) is 0 Å². The molecule has 0 saturated heterocycles. The van der Waals surface area contributed by atoms with E-state index in [9.17, 15) is 9.59 Å². The Morgan fingerprint density at radius 2 is 1.86 bits per heavy atom. The van der Waals surface area contributed by atoms with Crippen molar-refractivity contribution in [2.24, 2.45) is 5.92 Å². The van der Waals surface area contributed by atoms with E-state index in [0.29, 0.717) is 37.3 Å². The summed E-state index contributed by atoms with van der Waals surface area (Å²) in [6.07, 6.45) is 3.13. The lowest BCUT2D eigenvalue weighted by Gasteiger charge is -2.45. The monoisotopic (exact) mass is 386 g/mol. The van der Waals surface area contributed by atoms with E-state index in [1.54, 1.807) is 6.92 Å². The molecule has 0 heterocycles. The lowest BCUT2D eigenvalue weighted by Crippen LogP contribution is -2.53. The fourth-order valence-electron chi connectivity index (χ4n) is 4.33. The summed E-state index contributed by atoms with van der Waals surface area (Å²) in [5.41, 5.74) is 4.14. The Hall–Kier alpha value is -2.04. The third kappa shape index (κ3) is 4.50. The van der Waals surface area contributed by atoms with Crippen LogP contribution in [0.4, 0.5) is 4.79 Å². The Morgan fingerprint density at radius 1 is 1.18 bits per heavy atom. The highest BCUT2D eigenvalue weighted by Gasteiger charge is 2.41. The first-order valence-corrected chi connectivity index (χ1v) is 10.6. The van der Waals surface area contributed by atoms with Gasteiger partial charge in [0.25, 0.3) is 0 Å². The summed E-state index contributed by atoms with van der Waals surface area (Å²) in [7, 11) is 1.94. The number of ether oxygens (including phenoxy) is 1. The van der Waals surface area contributed by atoms with Gasteiger partial charge in [0.15, 0.2) is 0 Å². The molecule has 0 bridgehead atoms.